The zero-order valence-corrected chi connectivity index (χ0v) is 24.0. The minimum Gasteiger partial charge on any atom is -0.493 e. The average Bonchev–Trinajstić information content (AvgIpc) is 3.23. The van der Waals surface area contributed by atoms with Crippen molar-refractivity contribution >= 4 is 34.6 Å². The summed E-state index contributed by atoms with van der Waals surface area (Å²) in [5.41, 5.74) is 6.64. The van der Waals surface area contributed by atoms with E-state index in [-0.39, 0.29) is 11.9 Å². The summed E-state index contributed by atoms with van der Waals surface area (Å²) in [4.78, 5) is 21.2. The van der Waals surface area contributed by atoms with E-state index in [2.05, 4.69) is 32.9 Å². The molecule has 2 aliphatic rings. The van der Waals surface area contributed by atoms with Gasteiger partial charge in [-0.25, -0.2) is 4.99 Å². The Morgan fingerprint density at radius 1 is 0.949 bits per heavy atom. The van der Waals surface area contributed by atoms with Crippen molar-refractivity contribution in [2.24, 2.45) is 4.99 Å². The number of amides is 1. The lowest BCUT2D eigenvalue weighted by molar-refractivity contribution is -0.124. The number of ether oxygens (including phenoxy) is 2. The van der Waals surface area contributed by atoms with Crippen LogP contribution < -0.4 is 9.47 Å². The standard InChI is InChI=1S/C33H36N2O3S/c1-22-17-23(2)28(24(3)18-22)21-38-29-16-15-25(19-30(29)37-4)20-31-32(36)35(27-13-9-6-10-14-27)33(39-31)34-26-11-7-5-8-12-26/h5,7-8,11-12,15-20,27H,6,9-10,13-14,21H2,1-4H3/b31-20-,34-33?. The molecule has 6 heteroatoms. The summed E-state index contributed by atoms with van der Waals surface area (Å²) in [6.45, 7) is 6.82. The summed E-state index contributed by atoms with van der Waals surface area (Å²) in [5.74, 6) is 1.36. The Morgan fingerprint density at radius 3 is 2.36 bits per heavy atom. The SMILES string of the molecule is COc1cc(/C=C2\SC(=Nc3ccccc3)N(C3CCCCC3)C2=O)ccc1OCc1c(C)cc(C)cc1C. The van der Waals surface area contributed by atoms with E-state index in [1.54, 1.807) is 7.11 Å². The first kappa shape index (κ1) is 27.1. The Bertz CT molecular complexity index is 1380. The van der Waals surface area contributed by atoms with Gasteiger partial charge in [0, 0.05) is 6.04 Å². The summed E-state index contributed by atoms with van der Waals surface area (Å²) in [6, 6.07) is 20.3. The van der Waals surface area contributed by atoms with Gasteiger partial charge in [-0.3, -0.25) is 9.69 Å². The number of aryl methyl sites for hydroxylation is 3. The van der Waals surface area contributed by atoms with Crippen LogP contribution in [0.4, 0.5) is 5.69 Å². The number of thioether (sulfide) groups is 1. The number of amidine groups is 1. The van der Waals surface area contributed by atoms with Crippen LogP contribution in [-0.4, -0.2) is 29.1 Å². The van der Waals surface area contributed by atoms with E-state index < -0.39 is 0 Å². The first-order valence-electron chi connectivity index (χ1n) is 13.7. The van der Waals surface area contributed by atoms with Crippen molar-refractivity contribution in [1.82, 2.24) is 4.90 Å². The third-order valence-corrected chi connectivity index (χ3v) is 8.44. The fourth-order valence-corrected chi connectivity index (χ4v) is 6.53. The maximum Gasteiger partial charge on any atom is 0.267 e. The maximum atomic E-state index is 13.7. The smallest absolute Gasteiger partial charge is 0.267 e. The topological polar surface area (TPSA) is 51.1 Å². The van der Waals surface area contributed by atoms with Crippen LogP contribution >= 0.6 is 11.8 Å². The van der Waals surface area contributed by atoms with Crippen LogP contribution in [0.2, 0.25) is 0 Å². The molecule has 1 saturated heterocycles. The van der Waals surface area contributed by atoms with Gasteiger partial charge in [-0.2, -0.15) is 0 Å². The molecule has 5 rings (SSSR count). The quantitative estimate of drug-likeness (QED) is 0.284. The van der Waals surface area contributed by atoms with E-state index in [9.17, 15) is 4.79 Å². The molecule has 1 aliphatic heterocycles. The van der Waals surface area contributed by atoms with E-state index >= 15 is 0 Å². The number of nitrogens with zero attached hydrogens (tertiary/aromatic N) is 2. The molecule has 202 valence electrons. The molecule has 0 bridgehead atoms. The van der Waals surface area contributed by atoms with Crippen molar-refractivity contribution in [3.63, 3.8) is 0 Å². The minimum absolute atomic E-state index is 0.0335. The van der Waals surface area contributed by atoms with Gasteiger partial charge >= 0.3 is 0 Å². The molecule has 1 heterocycles. The fraction of sp³-hybridized carbons (Fsp3) is 0.333. The van der Waals surface area contributed by atoms with Gasteiger partial charge in [0.25, 0.3) is 5.91 Å². The molecular weight excluding hydrogens is 504 g/mol. The molecular formula is C33H36N2O3S. The molecule has 39 heavy (non-hydrogen) atoms. The first-order chi connectivity index (χ1) is 18.9. The van der Waals surface area contributed by atoms with Crippen LogP contribution in [0.25, 0.3) is 6.08 Å². The monoisotopic (exact) mass is 540 g/mol. The summed E-state index contributed by atoms with van der Waals surface area (Å²) in [7, 11) is 1.65. The Kier molecular flexibility index (Phi) is 8.41. The molecule has 1 aliphatic carbocycles. The van der Waals surface area contributed by atoms with Gasteiger partial charge in [0.05, 0.1) is 17.7 Å². The minimum atomic E-state index is 0.0335. The Balaban J connectivity index is 1.39. The second-order valence-corrected chi connectivity index (χ2v) is 11.4. The number of rotatable bonds is 7. The molecule has 5 nitrogen and oxygen atoms in total. The zero-order chi connectivity index (χ0) is 27.4. The van der Waals surface area contributed by atoms with Crippen LogP contribution in [0.15, 0.2) is 70.6 Å². The number of carbonyl (C=O) groups is 1. The van der Waals surface area contributed by atoms with Crippen LogP contribution in [0.3, 0.4) is 0 Å². The highest BCUT2D eigenvalue weighted by molar-refractivity contribution is 8.18. The first-order valence-corrected chi connectivity index (χ1v) is 14.5. The number of carbonyl (C=O) groups excluding carboxylic acids is 1. The van der Waals surface area contributed by atoms with E-state index in [0.717, 1.165) is 42.1 Å². The average molecular weight is 541 g/mol. The summed E-state index contributed by atoms with van der Waals surface area (Å²) < 4.78 is 11.9. The number of para-hydroxylation sites is 1. The highest BCUT2D eigenvalue weighted by Crippen LogP contribution is 2.39. The van der Waals surface area contributed by atoms with Crippen molar-refractivity contribution < 1.29 is 14.3 Å². The van der Waals surface area contributed by atoms with Crippen LogP contribution in [0, 0.1) is 20.8 Å². The molecule has 2 fully saturated rings. The molecule has 3 aromatic carbocycles. The molecule has 0 radical (unpaired) electrons. The second-order valence-electron chi connectivity index (χ2n) is 10.4. The molecule has 0 unspecified atom stereocenters. The molecule has 3 aromatic rings. The molecule has 0 atom stereocenters. The van der Waals surface area contributed by atoms with E-state index in [0.29, 0.717) is 23.0 Å². The van der Waals surface area contributed by atoms with Gasteiger partial charge in [0.1, 0.15) is 6.61 Å². The molecule has 1 amide bonds. The molecule has 0 aromatic heterocycles. The number of aliphatic imine (C=N–C) groups is 1. The second kappa shape index (κ2) is 12.1. The molecule has 0 spiro atoms. The van der Waals surface area contributed by atoms with Crippen molar-refractivity contribution in [1.29, 1.82) is 0 Å². The Morgan fingerprint density at radius 2 is 1.67 bits per heavy atom. The molecule has 0 N–H and O–H groups in total. The third-order valence-electron chi connectivity index (χ3n) is 7.46. The normalized spacial score (nSPS) is 18.3. The van der Waals surface area contributed by atoms with E-state index in [4.69, 9.17) is 14.5 Å². The van der Waals surface area contributed by atoms with Crippen LogP contribution in [0.5, 0.6) is 11.5 Å². The largest absolute Gasteiger partial charge is 0.493 e. The number of methoxy groups -OCH3 is 1. The maximum absolute atomic E-state index is 13.7. The Hall–Kier alpha value is -3.51. The van der Waals surface area contributed by atoms with Gasteiger partial charge in [0.2, 0.25) is 0 Å². The van der Waals surface area contributed by atoms with Gasteiger partial charge in [0.15, 0.2) is 16.7 Å². The van der Waals surface area contributed by atoms with Crippen molar-refractivity contribution in [2.45, 2.75) is 65.5 Å². The summed E-state index contributed by atoms with van der Waals surface area (Å²) in [6.07, 6.45) is 7.52. The third kappa shape index (κ3) is 6.22. The van der Waals surface area contributed by atoms with Crippen LogP contribution in [0.1, 0.15) is 59.9 Å². The highest BCUT2D eigenvalue weighted by Gasteiger charge is 2.38. The lowest BCUT2D eigenvalue weighted by Gasteiger charge is -2.30. The zero-order valence-electron chi connectivity index (χ0n) is 23.2. The fourth-order valence-electron chi connectivity index (χ4n) is 5.47. The van der Waals surface area contributed by atoms with Gasteiger partial charge in [-0.15, -0.1) is 0 Å². The van der Waals surface area contributed by atoms with Gasteiger partial charge in [-0.1, -0.05) is 61.2 Å². The van der Waals surface area contributed by atoms with Gasteiger partial charge < -0.3 is 9.47 Å². The van der Waals surface area contributed by atoms with Crippen molar-refractivity contribution in [3.05, 3.63) is 93.4 Å². The van der Waals surface area contributed by atoms with Crippen LogP contribution in [-0.2, 0) is 11.4 Å². The Labute approximate surface area is 235 Å². The summed E-state index contributed by atoms with van der Waals surface area (Å²) >= 11 is 1.46. The predicted molar refractivity (Wildman–Crippen MR) is 161 cm³/mol. The van der Waals surface area contributed by atoms with E-state index in [1.165, 1.54) is 40.4 Å². The van der Waals surface area contributed by atoms with Crippen molar-refractivity contribution in [3.8, 4) is 11.5 Å². The lowest BCUT2D eigenvalue weighted by atomic mass is 9.94. The highest BCUT2D eigenvalue weighted by atomic mass is 32.2. The number of benzene rings is 3. The predicted octanol–water partition coefficient (Wildman–Crippen LogP) is 8.14. The van der Waals surface area contributed by atoms with Gasteiger partial charge in [-0.05, 0) is 98.0 Å². The summed E-state index contributed by atoms with van der Waals surface area (Å²) in [5, 5.41) is 0.764. The van der Waals surface area contributed by atoms with Crippen molar-refractivity contribution in [2.75, 3.05) is 7.11 Å². The lowest BCUT2D eigenvalue weighted by Crippen LogP contribution is -2.40. The number of hydrogen-bond acceptors (Lipinski definition) is 5. The number of hydrogen-bond donors (Lipinski definition) is 0. The van der Waals surface area contributed by atoms with E-state index in [1.807, 2.05) is 59.5 Å². The molecule has 1 saturated carbocycles.